The van der Waals surface area contributed by atoms with Crippen LogP contribution in [0.25, 0.3) is 10.9 Å². The number of rotatable bonds is 3. The van der Waals surface area contributed by atoms with Crippen LogP contribution in [0.2, 0.25) is 0 Å². The molecule has 1 fully saturated rings. The first-order valence-corrected chi connectivity index (χ1v) is 7.92. The Morgan fingerprint density at radius 2 is 2.16 bits per heavy atom. The van der Waals surface area contributed by atoms with Crippen LogP contribution in [0, 0.1) is 0 Å². The van der Waals surface area contributed by atoms with Crippen LogP contribution in [0.3, 0.4) is 0 Å². The first-order valence-electron chi connectivity index (χ1n) is 7.13. The molecule has 2 aromatic rings. The third-order valence-electron chi connectivity index (χ3n) is 4.45. The zero-order chi connectivity index (χ0) is 13.4. The summed E-state index contributed by atoms with van der Waals surface area (Å²) in [5, 5.41) is 1.33. The van der Waals surface area contributed by atoms with E-state index in [0.717, 1.165) is 16.9 Å². The van der Waals surface area contributed by atoms with Crippen LogP contribution < -0.4 is 0 Å². The molecule has 1 atom stereocenters. The second kappa shape index (κ2) is 5.29. The number of nitrogens with zero attached hydrogens (tertiary/aromatic N) is 2. The van der Waals surface area contributed by atoms with Crippen LogP contribution in [0.4, 0.5) is 0 Å². The maximum absolute atomic E-state index is 3.55. The Bertz CT molecular complexity index is 588. The minimum atomic E-state index is 0.767. The highest BCUT2D eigenvalue weighted by molar-refractivity contribution is 9.10. The predicted octanol–water partition coefficient (Wildman–Crippen LogP) is 3.97. The molecule has 0 spiro atoms. The zero-order valence-corrected chi connectivity index (χ0v) is 13.3. The summed E-state index contributed by atoms with van der Waals surface area (Å²) in [4.78, 5) is 2.62. The van der Waals surface area contributed by atoms with Crippen LogP contribution in [0.5, 0.6) is 0 Å². The fourth-order valence-electron chi connectivity index (χ4n) is 3.20. The van der Waals surface area contributed by atoms with Gasteiger partial charge < -0.3 is 9.47 Å². The quantitative estimate of drug-likeness (QED) is 0.830. The van der Waals surface area contributed by atoms with Gasteiger partial charge in [-0.05, 0) is 50.6 Å². The van der Waals surface area contributed by atoms with Crippen molar-refractivity contribution in [2.45, 2.75) is 32.2 Å². The number of hydrogen-bond donors (Lipinski definition) is 0. The van der Waals surface area contributed by atoms with Gasteiger partial charge in [0.1, 0.15) is 0 Å². The summed E-state index contributed by atoms with van der Waals surface area (Å²) in [6.45, 7) is 4.81. The van der Waals surface area contributed by atoms with E-state index < -0.39 is 0 Å². The highest BCUT2D eigenvalue weighted by Crippen LogP contribution is 2.24. The van der Waals surface area contributed by atoms with Crippen molar-refractivity contribution in [2.75, 3.05) is 13.1 Å². The number of hydrogen-bond acceptors (Lipinski definition) is 1. The average molecular weight is 321 g/mol. The molecule has 0 amide bonds. The molecule has 1 aliphatic heterocycles. The van der Waals surface area contributed by atoms with Crippen molar-refractivity contribution in [3.8, 4) is 0 Å². The van der Waals surface area contributed by atoms with Gasteiger partial charge in [0.2, 0.25) is 0 Å². The third-order valence-corrected chi connectivity index (χ3v) is 4.94. The number of aromatic nitrogens is 1. The van der Waals surface area contributed by atoms with Gasteiger partial charge in [-0.15, -0.1) is 0 Å². The molecule has 2 heterocycles. The molecule has 0 radical (unpaired) electrons. The lowest BCUT2D eigenvalue weighted by Gasteiger charge is -2.20. The van der Waals surface area contributed by atoms with Gasteiger partial charge in [0, 0.05) is 47.1 Å². The SMILES string of the molecule is CC1CCCN1CCc1cc2cc(Br)ccc2n1C. The largest absolute Gasteiger partial charge is 0.348 e. The van der Waals surface area contributed by atoms with Crippen molar-refractivity contribution >= 4 is 26.8 Å². The standard InChI is InChI=1S/C16H21BrN2/c1-12-4-3-8-19(12)9-7-15-11-13-10-14(17)5-6-16(13)18(15)2/h5-6,10-12H,3-4,7-9H2,1-2H3. The van der Waals surface area contributed by atoms with Crippen molar-refractivity contribution < 1.29 is 0 Å². The van der Waals surface area contributed by atoms with Crippen molar-refractivity contribution in [3.05, 3.63) is 34.4 Å². The number of aryl methyl sites for hydroxylation is 1. The highest BCUT2D eigenvalue weighted by Gasteiger charge is 2.19. The van der Waals surface area contributed by atoms with Gasteiger partial charge in [0.05, 0.1) is 0 Å². The van der Waals surface area contributed by atoms with E-state index in [0.29, 0.717) is 0 Å². The number of benzene rings is 1. The van der Waals surface area contributed by atoms with Gasteiger partial charge in [-0.25, -0.2) is 0 Å². The first kappa shape index (κ1) is 13.2. The van der Waals surface area contributed by atoms with E-state index in [1.54, 1.807) is 0 Å². The van der Waals surface area contributed by atoms with Gasteiger partial charge in [-0.3, -0.25) is 0 Å². The molecule has 1 unspecified atom stereocenters. The molecule has 0 N–H and O–H groups in total. The summed E-state index contributed by atoms with van der Waals surface area (Å²) in [7, 11) is 2.18. The molecule has 19 heavy (non-hydrogen) atoms. The Kier molecular flexibility index (Phi) is 3.68. The summed E-state index contributed by atoms with van der Waals surface area (Å²) in [6, 6.07) is 9.62. The van der Waals surface area contributed by atoms with Crippen molar-refractivity contribution in [3.63, 3.8) is 0 Å². The Hall–Kier alpha value is -0.800. The van der Waals surface area contributed by atoms with Crippen molar-refractivity contribution in [2.24, 2.45) is 7.05 Å². The van der Waals surface area contributed by atoms with E-state index in [9.17, 15) is 0 Å². The first-order chi connectivity index (χ1) is 9.15. The molecule has 1 aromatic carbocycles. The third kappa shape index (κ3) is 2.59. The van der Waals surface area contributed by atoms with Crippen molar-refractivity contribution in [1.82, 2.24) is 9.47 Å². The molecule has 2 nitrogen and oxygen atoms in total. The minimum absolute atomic E-state index is 0.767. The summed E-state index contributed by atoms with van der Waals surface area (Å²) >= 11 is 3.55. The average Bonchev–Trinajstić information content (AvgIpc) is 2.91. The lowest BCUT2D eigenvalue weighted by Crippen LogP contribution is -2.29. The number of halogens is 1. The van der Waals surface area contributed by atoms with E-state index in [1.807, 2.05) is 0 Å². The summed E-state index contributed by atoms with van der Waals surface area (Å²) in [6.07, 6.45) is 3.87. The van der Waals surface area contributed by atoms with Gasteiger partial charge in [0.25, 0.3) is 0 Å². The Morgan fingerprint density at radius 3 is 2.89 bits per heavy atom. The summed E-state index contributed by atoms with van der Waals surface area (Å²) in [5.74, 6) is 0. The molecule has 0 aliphatic carbocycles. The molecular weight excluding hydrogens is 300 g/mol. The summed E-state index contributed by atoms with van der Waals surface area (Å²) < 4.78 is 3.49. The second-order valence-electron chi connectivity index (χ2n) is 5.68. The van der Waals surface area contributed by atoms with Crippen LogP contribution >= 0.6 is 15.9 Å². The minimum Gasteiger partial charge on any atom is -0.348 e. The van der Waals surface area contributed by atoms with Crippen LogP contribution in [0.15, 0.2) is 28.7 Å². The van der Waals surface area contributed by atoms with E-state index >= 15 is 0 Å². The predicted molar refractivity (Wildman–Crippen MR) is 84.6 cm³/mol. The Balaban J connectivity index is 1.79. The van der Waals surface area contributed by atoms with E-state index in [2.05, 4.69) is 63.6 Å². The fourth-order valence-corrected chi connectivity index (χ4v) is 3.58. The highest BCUT2D eigenvalue weighted by atomic mass is 79.9. The molecule has 1 saturated heterocycles. The van der Waals surface area contributed by atoms with Gasteiger partial charge >= 0.3 is 0 Å². The smallest absolute Gasteiger partial charge is 0.0480 e. The van der Waals surface area contributed by atoms with Crippen molar-refractivity contribution in [1.29, 1.82) is 0 Å². The molecule has 0 bridgehead atoms. The van der Waals surface area contributed by atoms with Gasteiger partial charge in [-0.2, -0.15) is 0 Å². The van der Waals surface area contributed by atoms with Crippen LogP contribution in [-0.4, -0.2) is 28.6 Å². The van der Waals surface area contributed by atoms with Gasteiger partial charge in [-0.1, -0.05) is 15.9 Å². The molecule has 1 aromatic heterocycles. The second-order valence-corrected chi connectivity index (χ2v) is 6.59. The van der Waals surface area contributed by atoms with E-state index in [4.69, 9.17) is 0 Å². The summed E-state index contributed by atoms with van der Waals surface area (Å²) in [5.41, 5.74) is 2.76. The monoisotopic (exact) mass is 320 g/mol. The number of likely N-dealkylation sites (tertiary alicyclic amines) is 1. The molecule has 1 aliphatic rings. The van der Waals surface area contributed by atoms with Gasteiger partial charge in [0.15, 0.2) is 0 Å². The van der Waals surface area contributed by atoms with Crippen LogP contribution in [0.1, 0.15) is 25.5 Å². The molecule has 3 heteroatoms. The zero-order valence-electron chi connectivity index (χ0n) is 11.7. The maximum Gasteiger partial charge on any atom is 0.0480 e. The molecule has 3 rings (SSSR count). The van der Waals surface area contributed by atoms with E-state index in [-0.39, 0.29) is 0 Å². The topological polar surface area (TPSA) is 8.17 Å². The van der Waals surface area contributed by atoms with Crippen LogP contribution in [-0.2, 0) is 13.5 Å². The van der Waals surface area contributed by atoms with E-state index in [1.165, 1.54) is 42.5 Å². The molecular formula is C16H21BrN2. The normalized spacial score (nSPS) is 20.5. The molecule has 102 valence electrons. The maximum atomic E-state index is 3.55. The fraction of sp³-hybridized carbons (Fsp3) is 0.500. The molecule has 0 saturated carbocycles. The lowest BCUT2D eigenvalue weighted by atomic mass is 10.2. The number of fused-ring (bicyclic) bond motifs is 1. The Labute approximate surface area is 123 Å². The Morgan fingerprint density at radius 1 is 1.32 bits per heavy atom. The lowest BCUT2D eigenvalue weighted by molar-refractivity contribution is 0.271.